The monoisotopic (exact) mass is 247 g/mol. The average molecular weight is 247 g/mol. The van der Waals surface area contributed by atoms with E-state index >= 15 is 0 Å². The van der Waals surface area contributed by atoms with Gasteiger partial charge in [-0.2, -0.15) is 4.98 Å². The van der Waals surface area contributed by atoms with Crippen molar-refractivity contribution in [3.63, 3.8) is 0 Å². The lowest BCUT2D eigenvalue weighted by Crippen LogP contribution is -2.09. The Bertz CT molecular complexity index is 672. The van der Waals surface area contributed by atoms with Crippen molar-refractivity contribution < 1.29 is 13.9 Å². The van der Waals surface area contributed by atoms with Crippen molar-refractivity contribution in [2.45, 2.75) is 20.8 Å². The minimum Gasteiger partial charge on any atom is -0.470 e. The molecule has 2 aromatic rings. The van der Waals surface area contributed by atoms with Gasteiger partial charge in [-0.25, -0.2) is 4.79 Å². The molecule has 0 unspecified atom stereocenters. The SMILES string of the molecule is CC(=O)COc1ccc2c(C)c(C)c(=O)oc2n1. The molecule has 0 N–H and O–H groups in total. The summed E-state index contributed by atoms with van der Waals surface area (Å²) in [5.74, 6) is 0.169. The van der Waals surface area contributed by atoms with Crippen molar-refractivity contribution in [3.8, 4) is 5.88 Å². The van der Waals surface area contributed by atoms with Gasteiger partial charge in [-0.1, -0.05) is 0 Å². The summed E-state index contributed by atoms with van der Waals surface area (Å²) < 4.78 is 10.3. The molecule has 0 saturated heterocycles. The van der Waals surface area contributed by atoms with Gasteiger partial charge in [0.1, 0.15) is 6.61 Å². The van der Waals surface area contributed by atoms with Crippen LogP contribution in [0.15, 0.2) is 21.3 Å². The Labute approximate surface area is 103 Å². The number of ether oxygens (including phenoxy) is 1. The third kappa shape index (κ3) is 2.25. The van der Waals surface area contributed by atoms with E-state index in [2.05, 4.69) is 4.98 Å². The number of aryl methyl sites for hydroxylation is 1. The number of carbonyl (C=O) groups is 1. The first kappa shape index (κ1) is 12.3. The zero-order valence-corrected chi connectivity index (χ0v) is 10.4. The molecule has 0 aliphatic carbocycles. The number of Topliss-reactive ketones (excluding diaryl/α,β-unsaturated/α-hetero) is 1. The van der Waals surface area contributed by atoms with Crippen LogP contribution in [-0.2, 0) is 4.79 Å². The molecule has 0 radical (unpaired) electrons. The number of nitrogens with zero attached hydrogens (tertiary/aromatic N) is 1. The van der Waals surface area contributed by atoms with Crippen molar-refractivity contribution in [2.75, 3.05) is 6.61 Å². The smallest absolute Gasteiger partial charge is 0.340 e. The van der Waals surface area contributed by atoms with Crippen LogP contribution in [0.25, 0.3) is 11.1 Å². The molecular weight excluding hydrogens is 234 g/mol. The number of carbonyl (C=O) groups excluding carboxylic acids is 1. The molecule has 0 spiro atoms. The summed E-state index contributed by atoms with van der Waals surface area (Å²) in [5, 5.41) is 0.766. The first-order valence-electron chi connectivity index (χ1n) is 5.52. The summed E-state index contributed by atoms with van der Waals surface area (Å²) in [6.07, 6.45) is 0. The molecule has 0 fully saturated rings. The van der Waals surface area contributed by atoms with Crippen LogP contribution in [0.2, 0.25) is 0 Å². The maximum Gasteiger partial charge on any atom is 0.340 e. The lowest BCUT2D eigenvalue weighted by atomic mass is 10.1. The zero-order chi connectivity index (χ0) is 13.3. The fourth-order valence-electron chi connectivity index (χ4n) is 1.56. The Balaban J connectivity index is 2.49. The fraction of sp³-hybridized carbons (Fsp3) is 0.308. The van der Waals surface area contributed by atoms with E-state index in [1.54, 1.807) is 19.1 Å². The largest absolute Gasteiger partial charge is 0.470 e. The van der Waals surface area contributed by atoms with Gasteiger partial charge >= 0.3 is 5.63 Å². The highest BCUT2D eigenvalue weighted by Crippen LogP contribution is 2.20. The number of fused-ring (bicyclic) bond motifs is 1. The van der Waals surface area contributed by atoms with Crippen LogP contribution >= 0.6 is 0 Å². The number of hydrogen-bond donors (Lipinski definition) is 0. The lowest BCUT2D eigenvalue weighted by molar-refractivity contribution is -0.119. The van der Waals surface area contributed by atoms with Crippen molar-refractivity contribution in [1.29, 1.82) is 0 Å². The number of ketones is 1. The molecule has 5 nitrogen and oxygen atoms in total. The highest BCUT2D eigenvalue weighted by molar-refractivity contribution is 5.79. The number of aromatic nitrogens is 1. The van der Waals surface area contributed by atoms with Gasteiger partial charge in [-0.3, -0.25) is 4.79 Å². The lowest BCUT2D eigenvalue weighted by Gasteiger charge is -2.06. The molecule has 0 aromatic carbocycles. The molecule has 0 bridgehead atoms. The fourth-order valence-corrected chi connectivity index (χ4v) is 1.56. The molecule has 0 amide bonds. The predicted octanol–water partition coefficient (Wildman–Crippen LogP) is 1.77. The van der Waals surface area contributed by atoms with Crippen molar-refractivity contribution >= 4 is 16.9 Å². The summed E-state index contributed by atoms with van der Waals surface area (Å²) in [7, 11) is 0. The molecule has 0 aliphatic heterocycles. The van der Waals surface area contributed by atoms with Crippen LogP contribution in [0.5, 0.6) is 5.88 Å². The Morgan fingerprint density at radius 3 is 2.72 bits per heavy atom. The minimum absolute atomic E-state index is 0.0480. The first-order chi connectivity index (χ1) is 8.49. The predicted molar refractivity (Wildman–Crippen MR) is 65.9 cm³/mol. The first-order valence-corrected chi connectivity index (χ1v) is 5.52. The van der Waals surface area contributed by atoms with Gasteiger partial charge in [-0.05, 0) is 32.4 Å². The van der Waals surface area contributed by atoms with Crippen molar-refractivity contribution in [2.24, 2.45) is 0 Å². The second-order valence-corrected chi connectivity index (χ2v) is 4.13. The van der Waals surface area contributed by atoms with Crippen LogP contribution in [-0.4, -0.2) is 17.4 Å². The zero-order valence-electron chi connectivity index (χ0n) is 10.4. The maximum absolute atomic E-state index is 11.5. The molecule has 94 valence electrons. The van der Waals surface area contributed by atoms with Crippen LogP contribution in [0.3, 0.4) is 0 Å². The highest BCUT2D eigenvalue weighted by Gasteiger charge is 2.09. The Morgan fingerprint density at radius 2 is 2.06 bits per heavy atom. The molecule has 0 saturated carbocycles. The molecule has 0 atom stereocenters. The van der Waals surface area contributed by atoms with Crippen molar-refractivity contribution in [1.82, 2.24) is 4.98 Å². The standard InChI is InChI=1S/C13H13NO4/c1-7(15)6-17-11-5-4-10-8(2)9(3)13(16)18-12(10)14-11/h4-5H,6H2,1-3H3. The van der Waals surface area contributed by atoms with E-state index in [1.165, 1.54) is 6.92 Å². The molecular formula is C13H13NO4. The molecule has 0 aliphatic rings. The van der Waals surface area contributed by atoms with E-state index < -0.39 is 5.63 Å². The maximum atomic E-state index is 11.5. The summed E-state index contributed by atoms with van der Waals surface area (Å²) >= 11 is 0. The van der Waals surface area contributed by atoms with Gasteiger partial charge in [0.15, 0.2) is 5.78 Å². The Kier molecular flexibility index (Phi) is 3.14. The van der Waals surface area contributed by atoms with E-state index in [0.29, 0.717) is 5.56 Å². The second-order valence-electron chi connectivity index (χ2n) is 4.13. The van der Waals surface area contributed by atoms with Crippen molar-refractivity contribution in [3.05, 3.63) is 33.7 Å². The summed E-state index contributed by atoms with van der Waals surface area (Å²) in [6.45, 7) is 4.93. The van der Waals surface area contributed by atoms with Gasteiger partial charge in [0, 0.05) is 17.0 Å². The van der Waals surface area contributed by atoms with Gasteiger partial charge in [0.2, 0.25) is 11.6 Å². The Hall–Kier alpha value is -2.17. The molecule has 18 heavy (non-hydrogen) atoms. The van der Waals surface area contributed by atoms with Crippen LogP contribution in [0, 0.1) is 13.8 Å². The van der Waals surface area contributed by atoms with E-state index in [0.717, 1.165) is 10.9 Å². The summed E-state index contributed by atoms with van der Waals surface area (Å²) in [6, 6.07) is 3.42. The molecule has 2 aromatic heterocycles. The van der Waals surface area contributed by atoms with E-state index in [-0.39, 0.29) is 24.0 Å². The third-order valence-electron chi connectivity index (χ3n) is 2.72. The third-order valence-corrected chi connectivity index (χ3v) is 2.72. The number of rotatable bonds is 3. The van der Waals surface area contributed by atoms with Crippen LogP contribution < -0.4 is 10.4 Å². The summed E-state index contributed by atoms with van der Waals surface area (Å²) in [5.41, 5.74) is 1.23. The van der Waals surface area contributed by atoms with Gasteiger partial charge in [-0.15, -0.1) is 0 Å². The van der Waals surface area contributed by atoms with Gasteiger partial charge in [0.25, 0.3) is 0 Å². The van der Waals surface area contributed by atoms with Gasteiger partial charge < -0.3 is 9.15 Å². The van der Waals surface area contributed by atoms with E-state index in [9.17, 15) is 9.59 Å². The normalized spacial score (nSPS) is 10.6. The average Bonchev–Trinajstić information content (AvgIpc) is 2.33. The Morgan fingerprint density at radius 1 is 1.33 bits per heavy atom. The molecule has 2 heterocycles. The quantitative estimate of drug-likeness (QED) is 0.826. The topological polar surface area (TPSA) is 69.4 Å². The molecule has 5 heteroatoms. The minimum atomic E-state index is -0.406. The number of pyridine rings is 1. The van der Waals surface area contributed by atoms with Crippen LogP contribution in [0.4, 0.5) is 0 Å². The molecule has 2 rings (SSSR count). The van der Waals surface area contributed by atoms with Gasteiger partial charge in [0.05, 0.1) is 0 Å². The number of hydrogen-bond acceptors (Lipinski definition) is 5. The van der Waals surface area contributed by atoms with Crippen LogP contribution in [0.1, 0.15) is 18.1 Å². The van der Waals surface area contributed by atoms with E-state index in [4.69, 9.17) is 9.15 Å². The second kappa shape index (κ2) is 4.60. The van der Waals surface area contributed by atoms with E-state index in [1.807, 2.05) is 6.92 Å². The highest BCUT2D eigenvalue weighted by atomic mass is 16.5. The summed E-state index contributed by atoms with van der Waals surface area (Å²) in [4.78, 5) is 26.4.